The molecule has 1 heterocycles. The number of nitrogens with zero attached hydrogens (tertiary/aromatic N) is 3. The van der Waals surface area contributed by atoms with Crippen LogP contribution < -0.4 is 0 Å². The van der Waals surface area contributed by atoms with Gasteiger partial charge in [-0.05, 0) is 12.8 Å². The van der Waals surface area contributed by atoms with Crippen molar-refractivity contribution in [3.63, 3.8) is 0 Å². The van der Waals surface area contributed by atoms with Crippen LogP contribution in [0.3, 0.4) is 0 Å². The Bertz CT molecular complexity index is 202. The van der Waals surface area contributed by atoms with Gasteiger partial charge in [-0.15, -0.1) is 5.10 Å². The maximum Gasteiger partial charge on any atom is 0.0727 e. The molecule has 0 saturated heterocycles. The zero-order chi connectivity index (χ0) is 7.56. The maximum absolute atomic E-state index is 3.92. The first-order chi connectivity index (χ1) is 4.75. The van der Waals surface area contributed by atoms with Gasteiger partial charge < -0.3 is 0 Å². The minimum Gasteiger partial charge on any atom is -0.249 e. The van der Waals surface area contributed by atoms with E-state index in [0.29, 0.717) is 5.92 Å². The molecule has 0 fully saturated rings. The first-order valence-electron chi connectivity index (χ1n) is 3.64. The molecule has 0 saturated carbocycles. The summed E-state index contributed by atoms with van der Waals surface area (Å²) >= 11 is 0. The van der Waals surface area contributed by atoms with Gasteiger partial charge in [0.15, 0.2) is 0 Å². The predicted octanol–water partition coefficient (Wildman–Crippen LogP) is 1.42. The van der Waals surface area contributed by atoms with Crippen LogP contribution in [0, 0.1) is 0 Å². The number of aromatic nitrogens is 3. The molecule has 56 valence electrons. The van der Waals surface area contributed by atoms with E-state index >= 15 is 0 Å². The number of rotatable bonds is 2. The minimum absolute atomic E-state index is 0.523. The average Bonchev–Trinajstić information content (AvgIpc) is 2.33. The van der Waals surface area contributed by atoms with Crippen LogP contribution in [-0.2, 0) is 6.54 Å². The van der Waals surface area contributed by atoms with Crippen LogP contribution in [0.4, 0.5) is 0 Å². The van der Waals surface area contributed by atoms with Gasteiger partial charge in [0.2, 0.25) is 0 Å². The molecular formula is C7H13N3. The van der Waals surface area contributed by atoms with Crippen molar-refractivity contribution in [2.45, 2.75) is 33.2 Å². The lowest BCUT2D eigenvalue weighted by Gasteiger charge is -2.04. The zero-order valence-corrected chi connectivity index (χ0v) is 6.70. The van der Waals surface area contributed by atoms with Crippen molar-refractivity contribution in [1.82, 2.24) is 15.0 Å². The van der Waals surface area contributed by atoms with Gasteiger partial charge in [0, 0.05) is 6.54 Å². The SMILES string of the molecule is CCn1nncc1C(C)C. The molecule has 3 heteroatoms. The highest BCUT2D eigenvalue weighted by Crippen LogP contribution is 2.10. The molecule has 3 nitrogen and oxygen atoms in total. The Kier molecular flexibility index (Phi) is 2.04. The van der Waals surface area contributed by atoms with Crippen LogP contribution in [0.25, 0.3) is 0 Å². The van der Waals surface area contributed by atoms with Crippen LogP contribution in [0.1, 0.15) is 32.4 Å². The second kappa shape index (κ2) is 2.82. The van der Waals surface area contributed by atoms with Gasteiger partial charge in [-0.1, -0.05) is 19.1 Å². The van der Waals surface area contributed by atoms with Crippen molar-refractivity contribution in [3.8, 4) is 0 Å². The largest absolute Gasteiger partial charge is 0.249 e. The quantitative estimate of drug-likeness (QED) is 0.620. The zero-order valence-electron chi connectivity index (χ0n) is 6.70. The van der Waals surface area contributed by atoms with Crippen LogP contribution in [-0.4, -0.2) is 15.0 Å². The molecule has 1 rings (SSSR count). The van der Waals surface area contributed by atoms with Gasteiger partial charge in [-0.25, -0.2) is 4.68 Å². The molecule has 0 aliphatic rings. The van der Waals surface area contributed by atoms with E-state index in [1.807, 2.05) is 10.9 Å². The smallest absolute Gasteiger partial charge is 0.0727 e. The Morgan fingerprint density at radius 3 is 2.70 bits per heavy atom. The highest BCUT2D eigenvalue weighted by atomic mass is 15.4. The summed E-state index contributed by atoms with van der Waals surface area (Å²) in [6.45, 7) is 7.27. The molecular weight excluding hydrogens is 126 g/mol. The normalized spacial score (nSPS) is 10.8. The Morgan fingerprint density at radius 2 is 2.30 bits per heavy atom. The fraction of sp³-hybridized carbons (Fsp3) is 0.714. The van der Waals surface area contributed by atoms with Crippen LogP contribution >= 0.6 is 0 Å². The Morgan fingerprint density at radius 1 is 1.60 bits per heavy atom. The summed E-state index contributed by atoms with van der Waals surface area (Å²) in [7, 11) is 0. The molecule has 0 amide bonds. The first kappa shape index (κ1) is 7.25. The number of aryl methyl sites for hydroxylation is 1. The van der Waals surface area contributed by atoms with E-state index in [0.717, 1.165) is 6.54 Å². The van der Waals surface area contributed by atoms with E-state index in [1.54, 1.807) is 0 Å². The van der Waals surface area contributed by atoms with Crippen molar-refractivity contribution in [2.24, 2.45) is 0 Å². The lowest BCUT2D eigenvalue weighted by Crippen LogP contribution is -2.03. The van der Waals surface area contributed by atoms with Crippen molar-refractivity contribution >= 4 is 0 Å². The minimum atomic E-state index is 0.523. The average molecular weight is 139 g/mol. The monoisotopic (exact) mass is 139 g/mol. The topological polar surface area (TPSA) is 30.7 Å². The van der Waals surface area contributed by atoms with E-state index in [4.69, 9.17) is 0 Å². The molecule has 0 bridgehead atoms. The first-order valence-corrected chi connectivity index (χ1v) is 3.64. The van der Waals surface area contributed by atoms with Crippen molar-refractivity contribution in [1.29, 1.82) is 0 Å². The standard InChI is InChI=1S/C7H13N3/c1-4-10-7(6(2)3)5-8-9-10/h5-6H,4H2,1-3H3. The highest BCUT2D eigenvalue weighted by Gasteiger charge is 2.04. The van der Waals surface area contributed by atoms with E-state index in [1.165, 1.54) is 5.69 Å². The van der Waals surface area contributed by atoms with Crippen molar-refractivity contribution in [2.75, 3.05) is 0 Å². The summed E-state index contributed by atoms with van der Waals surface area (Å²) in [6, 6.07) is 0. The highest BCUT2D eigenvalue weighted by molar-refractivity contribution is 4.99. The van der Waals surface area contributed by atoms with Gasteiger partial charge in [0.05, 0.1) is 11.9 Å². The summed E-state index contributed by atoms with van der Waals surface area (Å²) in [4.78, 5) is 0. The Labute approximate surface area is 61.1 Å². The third-order valence-electron chi connectivity index (χ3n) is 1.54. The van der Waals surface area contributed by atoms with E-state index in [9.17, 15) is 0 Å². The summed E-state index contributed by atoms with van der Waals surface area (Å²) in [5.74, 6) is 0.523. The number of hydrogen-bond acceptors (Lipinski definition) is 2. The Balaban J connectivity index is 2.90. The van der Waals surface area contributed by atoms with Gasteiger partial charge in [0.1, 0.15) is 0 Å². The lowest BCUT2D eigenvalue weighted by molar-refractivity contribution is 0.579. The molecule has 10 heavy (non-hydrogen) atoms. The summed E-state index contributed by atoms with van der Waals surface area (Å²) < 4.78 is 1.92. The second-order valence-electron chi connectivity index (χ2n) is 2.63. The van der Waals surface area contributed by atoms with E-state index in [2.05, 4.69) is 31.1 Å². The molecule has 0 aromatic carbocycles. The predicted molar refractivity (Wildman–Crippen MR) is 39.8 cm³/mol. The summed E-state index contributed by atoms with van der Waals surface area (Å²) in [5.41, 5.74) is 1.21. The third kappa shape index (κ3) is 1.17. The molecule has 1 aromatic heterocycles. The van der Waals surface area contributed by atoms with Gasteiger partial charge >= 0.3 is 0 Å². The van der Waals surface area contributed by atoms with Gasteiger partial charge in [-0.2, -0.15) is 0 Å². The van der Waals surface area contributed by atoms with Crippen LogP contribution in [0.5, 0.6) is 0 Å². The fourth-order valence-corrected chi connectivity index (χ4v) is 0.959. The third-order valence-corrected chi connectivity index (χ3v) is 1.54. The molecule has 0 N–H and O–H groups in total. The summed E-state index contributed by atoms with van der Waals surface area (Å²) in [5, 5.41) is 7.75. The molecule has 0 unspecified atom stereocenters. The molecule has 0 spiro atoms. The lowest BCUT2D eigenvalue weighted by atomic mass is 10.1. The number of hydrogen-bond donors (Lipinski definition) is 0. The molecule has 0 aliphatic carbocycles. The summed E-state index contributed by atoms with van der Waals surface area (Å²) in [6.07, 6.45) is 1.83. The van der Waals surface area contributed by atoms with E-state index in [-0.39, 0.29) is 0 Å². The molecule has 0 atom stereocenters. The maximum atomic E-state index is 3.92. The van der Waals surface area contributed by atoms with Gasteiger partial charge in [-0.3, -0.25) is 0 Å². The van der Waals surface area contributed by atoms with E-state index < -0.39 is 0 Å². The van der Waals surface area contributed by atoms with Crippen molar-refractivity contribution in [3.05, 3.63) is 11.9 Å². The second-order valence-corrected chi connectivity index (χ2v) is 2.63. The molecule has 0 radical (unpaired) electrons. The van der Waals surface area contributed by atoms with Crippen LogP contribution in [0.2, 0.25) is 0 Å². The van der Waals surface area contributed by atoms with Crippen molar-refractivity contribution < 1.29 is 0 Å². The van der Waals surface area contributed by atoms with Gasteiger partial charge in [0.25, 0.3) is 0 Å². The molecule has 0 aliphatic heterocycles. The Hall–Kier alpha value is -0.860. The van der Waals surface area contributed by atoms with Crippen LogP contribution in [0.15, 0.2) is 6.20 Å². The fourth-order valence-electron chi connectivity index (χ4n) is 0.959. The molecule has 1 aromatic rings.